The molecule has 2 heteroatoms. The molecule has 0 atom stereocenters. The summed E-state index contributed by atoms with van der Waals surface area (Å²) < 4.78 is 6.42. The average molecular weight is 748 g/mol. The first-order valence-corrected chi connectivity index (χ1v) is 21.2. The van der Waals surface area contributed by atoms with Crippen molar-refractivity contribution in [3.8, 4) is 33.4 Å². The van der Waals surface area contributed by atoms with E-state index in [4.69, 9.17) is 4.42 Å². The van der Waals surface area contributed by atoms with Gasteiger partial charge in [0.1, 0.15) is 11.2 Å². The summed E-state index contributed by atoms with van der Waals surface area (Å²) in [7, 11) is 0. The van der Waals surface area contributed by atoms with Crippen LogP contribution in [0, 0.1) is 17.8 Å². The van der Waals surface area contributed by atoms with Crippen molar-refractivity contribution in [3.63, 3.8) is 0 Å². The smallest absolute Gasteiger partial charge is 0.137 e. The normalized spacial score (nSPS) is 20.9. The lowest BCUT2D eigenvalue weighted by Crippen LogP contribution is -2.48. The molecule has 4 fully saturated rings. The maximum absolute atomic E-state index is 6.42. The number of fused-ring (bicyclic) bond motifs is 4. The second-order valence-corrected chi connectivity index (χ2v) is 17.5. The third-order valence-corrected chi connectivity index (χ3v) is 14.0. The number of rotatable bonds is 7. The summed E-state index contributed by atoms with van der Waals surface area (Å²) in [5, 5.41) is 4.75. The molecule has 4 aliphatic rings. The minimum Gasteiger partial charge on any atom is -0.456 e. The molecule has 4 saturated carbocycles. The zero-order valence-corrected chi connectivity index (χ0v) is 32.7. The molecule has 0 aliphatic heterocycles. The molecule has 4 aliphatic carbocycles. The summed E-state index contributed by atoms with van der Waals surface area (Å²) in [5.74, 6) is 2.86. The SMILES string of the molecule is c1ccc(-c2cccc3cccc(-c4ccc(N(c5ccc(-c6ccc(C78CC9CC(CC(C9)C7)C8)cc6)cc5)c5cccc6oc7ccccc7c56)cc4)c23)cc1. The molecule has 13 rings (SSSR count). The van der Waals surface area contributed by atoms with Gasteiger partial charge in [0.15, 0.2) is 0 Å². The van der Waals surface area contributed by atoms with Crippen molar-refractivity contribution in [2.24, 2.45) is 17.8 Å². The maximum atomic E-state index is 6.42. The monoisotopic (exact) mass is 747 g/mol. The minimum absolute atomic E-state index is 0.420. The zero-order valence-electron chi connectivity index (χ0n) is 32.7. The molecule has 1 heterocycles. The summed E-state index contributed by atoms with van der Waals surface area (Å²) in [4.78, 5) is 2.40. The third kappa shape index (κ3) is 5.53. The summed E-state index contributed by atoms with van der Waals surface area (Å²) in [5.41, 5.74) is 14.5. The molecule has 58 heavy (non-hydrogen) atoms. The molecular formula is C56H45NO. The number of nitrogens with zero attached hydrogens (tertiary/aromatic N) is 1. The van der Waals surface area contributed by atoms with Crippen LogP contribution in [0.5, 0.6) is 0 Å². The second-order valence-electron chi connectivity index (χ2n) is 17.5. The van der Waals surface area contributed by atoms with E-state index in [-0.39, 0.29) is 0 Å². The summed E-state index contributed by atoms with van der Waals surface area (Å²) in [6.45, 7) is 0. The van der Waals surface area contributed by atoms with Gasteiger partial charge in [-0.15, -0.1) is 0 Å². The van der Waals surface area contributed by atoms with Crippen LogP contribution < -0.4 is 4.90 Å². The molecule has 1 aromatic heterocycles. The van der Waals surface area contributed by atoms with Crippen molar-refractivity contribution < 1.29 is 4.42 Å². The van der Waals surface area contributed by atoms with Crippen molar-refractivity contribution in [2.45, 2.75) is 43.9 Å². The number of benzene rings is 8. The number of para-hydroxylation sites is 1. The van der Waals surface area contributed by atoms with Crippen LogP contribution in [0.2, 0.25) is 0 Å². The van der Waals surface area contributed by atoms with Gasteiger partial charge in [-0.1, -0.05) is 140 Å². The van der Waals surface area contributed by atoms with E-state index >= 15 is 0 Å². The molecule has 0 spiro atoms. The van der Waals surface area contributed by atoms with Crippen molar-refractivity contribution in [1.82, 2.24) is 0 Å². The highest BCUT2D eigenvalue weighted by molar-refractivity contribution is 6.13. The Balaban J connectivity index is 0.936. The van der Waals surface area contributed by atoms with Gasteiger partial charge >= 0.3 is 0 Å². The topological polar surface area (TPSA) is 16.4 Å². The summed E-state index contributed by atoms with van der Waals surface area (Å²) in [6, 6.07) is 66.8. The van der Waals surface area contributed by atoms with Crippen LogP contribution in [0.15, 0.2) is 186 Å². The van der Waals surface area contributed by atoms with Gasteiger partial charge in [-0.05, 0) is 154 Å². The Hall–Kier alpha value is -6.38. The first-order chi connectivity index (χ1) is 28.7. The van der Waals surface area contributed by atoms with Gasteiger partial charge in [-0.25, -0.2) is 0 Å². The molecule has 0 radical (unpaired) electrons. The van der Waals surface area contributed by atoms with Gasteiger partial charge in [0.05, 0.1) is 11.1 Å². The summed E-state index contributed by atoms with van der Waals surface area (Å²) in [6.07, 6.45) is 8.65. The van der Waals surface area contributed by atoms with Crippen LogP contribution in [-0.4, -0.2) is 0 Å². The number of hydrogen-bond acceptors (Lipinski definition) is 2. The largest absolute Gasteiger partial charge is 0.456 e. The van der Waals surface area contributed by atoms with Crippen molar-refractivity contribution in [2.75, 3.05) is 4.90 Å². The van der Waals surface area contributed by atoms with E-state index in [0.29, 0.717) is 5.41 Å². The van der Waals surface area contributed by atoms with E-state index in [1.807, 2.05) is 6.07 Å². The molecular weight excluding hydrogens is 703 g/mol. The Kier molecular flexibility index (Phi) is 7.76. The maximum Gasteiger partial charge on any atom is 0.137 e. The highest BCUT2D eigenvalue weighted by atomic mass is 16.3. The Morgan fingerprint density at radius 1 is 0.414 bits per heavy atom. The van der Waals surface area contributed by atoms with Crippen molar-refractivity contribution in [1.29, 1.82) is 0 Å². The number of furan rings is 1. The van der Waals surface area contributed by atoms with E-state index in [1.165, 1.54) is 82.7 Å². The van der Waals surface area contributed by atoms with Gasteiger partial charge in [0, 0.05) is 16.8 Å². The fraction of sp³-hybridized carbons (Fsp3) is 0.179. The van der Waals surface area contributed by atoms with Crippen LogP contribution in [0.1, 0.15) is 44.1 Å². The van der Waals surface area contributed by atoms with Crippen molar-refractivity contribution in [3.05, 3.63) is 188 Å². The van der Waals surface area contributed by atoms with Gasteiger partial charge in [-0.3, -0.25) is 0 Å². The third-order valence-electron chi connectivity index (χ3n) is 14.0. The highest BCUT2D eigenvalue weighted by Gasteiger charge is 2.51. The molecule has 4 bridgehead atoms. The number of hydrogen-bond donors (Lipinski definition) is 0. The molecule has 0 saturated heterocycles. The first-order valence-electron chi connectivity index (χ1n) is 21.2. The Morgan fingerprint density at radius 3 is 1.57 bits per heavy atom. The van der Waals surface area contributed by atoms with E-state index in [9.17, 15) is 0 Å². The van der Waals surface area contributed by atoms with Crippen LogP contribution >= 0.6 is 0 Å². The molecule has 0 N–H and O–H groups in total. The Morgan fingerprint density at radius 2 is 0.931 bits per heavy atom. The Labute approximate surface area is 340 Å². The van der Waals surface area contributed by atoms with Gasteiger partial charge < -0.3 is 9.32 Å². The van der Waals surface area contributed by atoms with E-state index in [1.54, 1.807) is 5.56 Å². The van der Waals surface area contributed by atoms with Crippen LogP contribution in [0.25, 0.3) is 66.1 Å². The second kappa shape index (κ2) is 13.4. The average Bonchev–Trinajstić information content (AvgIpc) is 3.66. The zero-order chi connectivity index (χ0) is 38.2. The lowest BCUT2D eigenvalue weighted by atomic mass is 9.48. The van der Waals surface area contributed by atoms with Crippen LogP contribution in [0.3, 0.4) is 0 Å². The van der Waals surface area contributed by atoms with Gasteiger partial charge in [0.25, 0.3) is 0 Å². The standard InChI is InChI=1S/C56H45NO/c1-2-9-42(10-3-1)48-14-6-11-44-12-7-15-49(54(44)48)43-23-29-47(30-24-43)57(51-16-8-18-53-55(51)50-13-4-5-17-52(50)58-53)46-27-21-41(22-28-46)40-19-25-45(26-20-40)56-34-37-31-38(35-56)33-39(32-37)36-56/h1-30,37-39H,31-36H2. The molecule has 0 unspecified atom stereocenters. The van der Waals surface area contributed by atoms with Crippen LogP contribution in [-0.2, 0) is 5.41 Å². The number of anilines is 3. The summed E-state index contributed by atoms with van der Waals surface area (Å²) >= 11 is 0. The molecule has 0 amide bonds. The fourth-order valence-corrected chi connectivity index (χ4v) is 11.9. The predicted molar refractivity (Wildman–Crippen MR) is 242 cm³/mol. The minimum atomic E-state index is 0.420. The molecule has 280 valence electrons. The fourth-order valence-electron chi connectivity index (χ4n) is 11.9. The van der Waals surface area contributed by atoms with Gasteiger partial charge in [-0.2, -0.15) is 0 Å². The first kappa shape index (κ1) is 33.7. The molecule has 9 aromatic rings. The highest BCUT2D eigenvalue weighted by Crippen LogP contribution is 2.61. The molecule has 8 aromatic carbocycles. The van der Waals surface area contributed by atoms with Gasteiger partial charge in [0.2, 0.25) is 0 Å². The van der Waals surface area contributed by atoms with E-state index < -0.39 is 0 Å². The van der Waals surface area contributed by atoms with E-state index in [0.717, 1.165) is 56.8 Å². The van der Waals surface area contributed by atoms with Crippen LogP contribution in [0.4, 0.5) is 17.1 Å². The lowest BCUT2D eigenvalue weighted by Gasteiger charge is -2.57. The molecule has 2 nitrogen and oxygen atoms in total. The van der Waals surface area contributed by atoms with E-state index in [2.05, 4.69) is 181 Å². The van der Waals surface area contributed by atoms with Crippen molar-refractivity contribution >= 4 is 49.8 Å². The lowest BCUT2D eigenvalue weighted by molar-refractivity contribution is -0.00518. The quantitative estimate of drug-likeness (QED) is 0.161. The predicted octanol–water partition coefficient (Wildman–Crippen LogP) is 15.7. The Bertz CT molecular complexity index is 2920.